The number of anilines is 1. The van der Waals surface area contributed by atoms with Gasteiger partial charge in [0, 0.05) is 11.6 Å². The number of amides is 1. The molecule has 10 heteroatoms. The van der Waals surface area contributed by atoms with Crippen LogP contribution in [0.15, 0.2) is 47.4 Å². The summed E-state index contributed by atoms with van der Waals surface area (Å²) in [6.07, 6.45) is 0.0384. The van der Waals surface area contributed by atoms with Crippen LogP contribution in [0.2, 0.25) is 0 Å². The Morgan fingerprint density at radius 2 is 1.74 bits per heavy atom. The lowest BCUT2D eigenvalue weighted by Crippen LogP contribution is -2.23. The van der Waals surface area contributed by atoms with Crippen molar-refractivity contribution in [3.63, 3.8) is 0 Å². The molecule has 3 rings (SSSR count). The first-order chi connectivity index (χ1) is 12.6. The number of halogens is 2. The molecule has 0 saturated carbocycles. The SMILES string of the molecule is O=C(Nc1ccc(F)cc1F)c1ccc(S(=O)(=O)C2CCS(=O)(=O)C2)cc1. The fourth-order valence-electron chi connectivity index (χ4n) is 2.78. The zero-order valence-corrected chi connectivity index (χ0v) is 15.5. The predicted octanol–water partition coefficient (Wildman–Crippen LogP) is 2.18. The quantitative estimate of drug-likeness (QED) is 0.826. The van der Waals surface area contributed by atoms with Gasteiger partial charge in [-0.25, -0.2) is 25.6 Å². The molecule has 27 heavy (non-hydrogen) atoms. The van der Waals surface area contributed by atoms with Crippen molar-refractivity contribution in [2.45, 2.75) is 16.6 Å². The van der Waals surface area contributed by atoms with Gasteiger partial charge < -0.3 is 5.32 Å². The Labute approximate surface area is 155 Å². The zero-order valence-electron chi connectivity index (χ0n) is 13.9. The molecule has 1 fully saturated rings. The van der Waals surface area contributed by atoms with E-state index >= 15 is 0 Å². The Hall–Kier alpha value is -2.33. The minimum absolute atomic E-state index is 0.0384. The zero-order chi connectivity index (χ0) is 19.8. The van der Waals surface area contributed by atoms with Crippen LogP contribution in [-0.2, 0) is 19.7 Å². The van der Waals surface area contributed by atoms with Crippen LogP contribution in [0.1, 0.15) is 16.8 Å². The van der Waals surface area contributed by atoms with Gasteiger partial charge in [-0.15, -0.1) is 0 Å². The van der Waals surface area contributed by atoms with Gasteiger partial charge in [-0.1, -0.05) is 0 Å². The first kappa shape index (κ1) is 19.4. The summed E-state index contributed by atoms with van der Waals surface area (Å²) in [6.45, 7) is 0. The van der Waals surface area contributed by atoms with E-state index in [-0.39, 0.29) is 28.3 Å². The predicted molar refractivity (Wildman–Crippen MR) is 95.0 cm³/mol. The molecule has 0 spiro atoms. The normalized spacial score (nSPS) is 19.0. The molecule has 0 bridgehead atoms. The molecule has 144 valence electrons. The van der Waals surface area contributed by atoms with Crippen molar-refractivity contribution in [1.29, 1.82) is 0 Å². The van der Waals surface area contributed by atoms with Crippen molar-refractivity contribution in [2.75, 3.05) is 16.8 Å². The molecule has 0 aromatic heterocycles. The monoisotopic (exact) mass is 415 g/mol. The fourth-order valence-corrected chi connectivity index (χ4v) is 7.14. The molecule has 1 aliphatic rings. The summed E-state index contributed by atoms with van der Waals surface area (Å²) in [4.78, 5) is 12.1. The first-order valence-electron chi connectivity index (χ1n) is 7.89. The second kappa shape index (κ2) is 7.01. The summed E-state index contributed by atoms with van der Waals surface area (Å²) >= 11 is 0. The highest BCUT2D eigenvalue weighted by atomic mass is 32.2. The highest BCUT2D eigenvalue weighted by Gasteiger charge is 2.38. The lowest BCUT2D eigenvalue weighted by molar-refractivity contribution is 0.102. The average Bonchev–Trinajstić information content (AvgIpc) is 2.98. The van der Waals surface area contributed by atoms with E-state index in [4.69, 9.17) is 0 Å². The lowest BCUT2D eigenvalue weighted by atomic mass is 10.2. The Bertz CT molecular complexity index is 1100. The summed E-state index contributed by atoms with van der Waals surface area (Å²) in [5.74, 6) is -3.01. The van der Waals surface area contributed by atoms with Crippen LogP contribution in [0.4, 0.5) is 14.5 Å². The highest BCUT2D eigenvalue weighted by Crippen LogP contribution is 2.26. The van der Waals surface area contributed by atoms with Crippen molar-refractivity contribution >= 4 is 31.3 Å². The molecule has 0 aliphatic carbocycles. The summed E-state index contributed by atoms with van der Waals surface area (Å²) in [7, 11) is -7.19. The maximum Gasteiger partial charge on any atom is 0.255 e. The smallest absolute Gasteiger partial charge is 0.255 e. The van der Waals surface area contributed by atoms with E-state index in [0.717, 1.165) is 12.1 Å². The van der Waals surface area contributed by atoms with Gasteiger partial charge in [0.05, 0.1) is 27.3 Å². The number of rotatable bonds is 4. The summed E-state index contributed by atoms with van der Waals surface area (Å²) in [6, 6.07) is 7.58. The van der Waals surface area contributed by atoms with Gasteiger partial charge in [-0.3, -0.25) is 4.79 Å². The molecule has 1 saturated heterocycles. The fraction of sp³-hybridized carbons (Fsp3) is 0.235. The molecule has 2 aromatic carbocycles. The van der Waals surface area contributed by atoms with E-state index in [1.54, 1.807) is 0 Å². The first-order valence-corrected chi connectivity index (χ1v) is 11.3. The lowest BCUT2D eigenvalue weighted by Gasteiger charge is -2.11. The van der Waals surface area contributed by atoms with Gasteiger partial charge in [0.1, 0.15) is 11.6 Å². The maximum atomic E-state index is 13.6. The Kier molecular flexibility index (Phi) is 5.04. The van der Waals surface area contributed by atoms with Gasteiger partial charge in [-0.05, 0) is 42.8 Å². The third-order valence-electron chi connectivity index (χ3n) is 4.25. The molecule has 1 N–H and O–H groups in total. The number of hydrogen-bond acceptors (Lipinski definition) is 5. The van der Waals surface area contributed by atoms with Gasteiger partial charge in [-0.2, -0.15) is 0 Å². The van der Waals surface area contributed by atoms with Crippen molar-refractivity contribution in [3.05, 3.63) is 59.7 Å². The van der Waals surface area contributed by atoms with Crippen LogP contribution < -0.4 is 5.32 Å². The number of carbonyl (C=O) groups excluding carboxylic acids is 1. The van der Waals surface area contributed by atoms with Gasteiger partial charge in [0.15, 0.2) is 19.7 Å². The molecular formula is C17H15F2NO5S2. The number of benzene rings is 2. The molecule has 2 aromatic rings. The molecule has 1 heterocycles. The number of nitrogens with one attached hydrogen (secondary N) is 1. The van der Waals surface area contributed by atoms with Gasteiger partial charge in [0.25, 0.3) is 5.91 Å². The summed E-state index contributed by atoms with van der Waals surface area (Å²) < 4.78 is 74.6. The molecule has 1 aliphatic heterocycles. The number of sulfone groups is 2. The molecule has 0 radical (unpaired) electrons. The van der Waals surface area contributed by atoms with E-state index in [2.05, 4.69) is 5.32 Å². The molecular weight excluding hydrogens is 400 g/mol. The summed E-state index contributed by atoms with van der Waals surface area (Å²) in [5.41, 5.74) is -0.147. The minimum atomic E-state index is -3.84. The molecule has 6 nitrogen and oxygen atoms in total. The van der Waals surface area contributed by atoms with E-state index < -0.39 is 48.2 Å². The maximum absolute atomic E-state index is 13.6. The van der Waals surface area contributed by atoms with Crippen molar-refractivity contribution in [3.8, 4) is 0 Å². The Morgan fingerprint density at radius 1 is 1.07 bits per heavy atom. The van der Waals surface area contributed by atoms with Crippen LogP contribution in [0.3, 0.4) is 0 Å². The average molecular weight is 415 g/mol. The second-order valence-corrected chi connectivity index (χ2v) is 10.6. The van der Waals surface area contributed by atoms with E-state index in [1.165, 1.54) is 24.3 Å². The number of carbonyl (C=O) groups is 1. The Balaban J connectivity index is 1.77. The van der Waals surface area contributed by atoms with E-state index in [0.29, 0.717) is 6.07 Å². The van der Waals surface area contributed by atoms with Crippen LogP contribution in [0.25, 0.3) is 0 Å². The molecule has 1 atom stereocenters. The summed E-state index contributed by atoms with van der Waals surface area (Å²) in [5, 5.41) is 1.26. The largest absolute Gasteiger partial charge is 0.319 e. The molecule has 1 unspecified atom stereocenters. The van der Waals surface area contributed by atoms with Crippen LogP contribution in [0, 0.1) is 11.6 Å². The molecule has 1 amide bonds. The van der Waals surface area contributed by atoms with Crippen molar-refractivity contribution in [1.82, 2.24) is 0 Å². The topological polar surface area (TPSA) is 97.4 Å². The second-order valence-electron chi connectivity index (χ2n) is 6.17. The van der Waals surface area contributed by atoms with Crippen LogP contribution in [0.5, 0.6) is 0 Å². The number of hydrogen-bond donors (Lipinski definition) is 1. The standard InChI is InChI=1S/C17H15F2NO5S2/c18-12-3-6-16(15(19)9-12)20-17(21)11-1-4-13(5-2-11)27(24,25)14-7-8-26(22,23)10-14/h1-6,9,14H,7-8,10H2,(H,20,21). The third kappa shape index (κ3) is 4.16. The van der Waals surface area contributed by atoms with Gasteiger partial charge >= 0.3 is 0 Å². The van der Waals surface area contributed by atoms with E-state index in [9.17, 15) is 30.4 Å². The highest BCUT2D eigenvalue weighted by molar-refractivity contribution is 7.96. The van der Waals surface area contributed by atoms with Crippen LogP contribution in [-0.4, -0.2) is 39.5 Å². The van der Waals surface area contributed by atoms with E-state index in [1.807, 2.05) is 0 Å². The van der Waals surface area contributed by atoms with Crippen LogP contribution >= 0.6 is 0 Å². The van der Waals surface area contributed by atoms with Crippen molar-refractivity contribution < 1.29 is 30.4 Å². The minimum Gasteiger partial charge on any atom is -0.319 e. The van der Waals surface area contributed by atoms with Crippen molar-refractivity contribution in [2.24, 2.45) is 0 Å². The van der Waals surface area contributed by atoms with Gasteiger partial charge in [0.2, 0.25) is 0 Å². The third-order valence-corrected chi connectivity index (χ3v) is 8.44. The Morgan fingerprint density at radius 3 is 2.30 bits per heavy atom.